The first-order valence-electron chi connectivity index (χ1n) is 7.46. The molecule has 1 aromatic rings. The summed E-state index contributed by atoms with van der Waals surface area (Å²) in [6.07, 6.45) is 4.60. The van der Waals surface area contributed by atoms with Crippen molar-refractivity contribution in [1.29, 1.82) is 0 Å². The maximum absolute atomic E-state index is 12.6. The standard InChI is InChI=1S/C17H19NO2.ClH/c19-16-10-17(12-18-8-6-14(17)7-9-18)20-11-15(16)13-4-2-1-3-5-13;/h1-5,11,14H,6-10,12H2;1H. The van der Waals surface area contributed by atoms with E-state index in [1.165, 1.54) is 25.9 Å². The van der Waals surface area contributed by atoms with Crippen LogP contribution in [-0.4, -0.2) is 35.9 Å². The fraction of sp³-hybridized carbons (Fsp3) is 0.471. The van der Waals surface area contributed by atoms with Crippen molar-refractivity contribution < 1.29 is 9.53 Å². The van der Waals surface area contributed by atoms with E-state index in [2.05, 4.69) is 4.90 Å². The lowest BCUT2D eigenvalue weighted by molar-refractivity contribution is -0.144. The van der Waals surface area contributed by atoms with Gasteiger partial charge in [0.1, 0.15) is 5.60 Å². The number of fused-ring (bicyclic) bond motifs is 2. The number of halogens is 1. The number of hydrogen-bond donors (Lipinski definition) is 0. The maximum atomic E-state index is 12.6. The molecule has 3 saturated heterocycles. The number of benzene rings is 1. The second-order valence-corrected chi connectivity index (χ2v) is 6.23. The summed E-state index contributed by atoms with van der Waals surface area (Å²) in [5, 5.41) is 0. The Balaban J connectivity index is 0.00000132. The summed E-state index contributed by atoms with van der Waals surface area (Å²) < 4.78 is 6.15. The van der Waals surface area contributed by atoms with Crippen LogP contribution in [0.1, 0.15) is 24.8 Å². The van der Waals surface area contributed by atoms with E-state index < -0.39 is 0 Å². The molecule has 0 saturated carbocycles. The summed E-state index contributed by atoms with van der Waals surface area (Å²) in [5.41, 5.74) is 1.45. The van der Waals surface area contributed by atoms with Gasteiger partial charge < -0.3 is 4.74 Å². The molecule has 2 bridgehead atoms. The minimum absolute atomic E-state index is 0. The summed E-state index contributed by atoms with van der Waals surface area (Å²) in [7, 11) is 0. The summed E-state index contributed by atoms with van der Waals surface area (Å²) in [4.78, 5) is 15.0. The van der Waals surface area contributed by atoms with Gasteiger partial charge in [0.2, 0.25) is 0 Å². The van der Waals surface area contributed by atoms with E-state index in [0.29, 0.717) is 12.3 Å². The van der Waals surface area contributed by atoms with Crippen LogP contribution >= 0.6 is 12.4 Å². The molecule has 3 nitrogen and oxygen atoms in total. The lowest BCUT2D eigenvalue weighted by atomic mass is 9.71. The zero-order valence-corrected chi connectivity index (χ0v) is 12.8. The Morgan fingerprint density at radius 1 is 1.14 bits per heavy atom. The fourth-order valence-electron chi connectivity index (χ4n) is 3.96. The number of ketones is 1. The van der Waals surface area contributed by atoms with E-state index in [9.17, 15) is 4.79 Å². The summed E-state index contributed by atoms with van der Waals surface area (Å²) in [6, 6.07) is 9.83. The third-order valence-corrected chi connectivity index (χ3v) is 5.08. The van der Waals surface area contributed by atoms with Crippen LogP contribution in [0.5, 0.6) is 0 Å². The molecular weight excluding hydrogens is 286 g/mol. The van der Waals surface area contributed by atoms with Gasteiger partial charge >= 0.3 is 0 Å². The van der Waals surface area contributed by atoms with Gasteiger partial charge in [-0.2, -0.15) is 0 Å². The molecule has 21 heavy (non-hydrogen) atoms. The van der Waals surface area contributed by atoms with E-state index in [4.69, 9.17) is 4.74 Å². The topological polar surface area (TPSA) is 29.5 Å². The summed E-state index contributed by atoms with van der Waals surface area (Å²) >= 11 is 0. The van der Waals surface area contributed by atoms with Gasteiger partial charge in [0.15, 0.2) is 5.78 Å². The van der Waals surface area contributed by atoms with Gasteiger partial charge in [0.25, 0.3) is 0 Å². The number of piperidine rings is 3. The first-order chi connectivity index (χ1) is 9.77. The SMILES string of the molecule is Cl.O=C1CC2(CN3CCC2CC3)OC=C1c1ccccc1. The van der Waals surface area contributed by atoms with Crippen molar-refractivity contribution in [3.8, 4) is 0 Å². The van der Waals surface area contributed by atoms with Crippen LogP contribution in [0.4, 0.5) is 0 Å². The summed E-state index contributed by atoms with van der Waals surface area (Å²) in [6.45, 7) is 3.25. The second-order valence-electron chi connectivity index (χ2n) is 6.23. The van der Waals surface area contributed by atoms with Crippen molar-refractivity contribution >= 4 is 23.8 Å². The molecule has 0 amide bonds. The summed E-state index contributed by atoms with van der Waals surface area (Å²) in [5.74, 6) is 0.779. The van der Waals surface area contributed by atoms with E-state index in [-0.39, 0.29) is 23.8 Å². The highest BCUT2D eigenvalue weighted by Gasteiger charge is 2.51. The van der Waals surface area contributed by atoms with Gasteiger partial charge in [0.05, 0.1) is 18.3 Å². The highest BCUT2D eigenvalue weighted by molar-refractivity contribution is 6.21. The van der Waals surface area contributed by atoms with E-state index in [1.54, 1.807) is 6.26 Å². The van der Waals surface area contributed by atoms with Gasteiger partial charge in [0, 0.05) is 12.5 Å². The first kappa shape index (κ1) is 14.6. The molecule has 0 radical (unpaired) electrons. The zero-order valence-electron chi connectivity index (χ0n) is 12.0. The Hall–Kier alpha value is -1.32. The lowest BCUT2D eigenvalue weighted by Gasteiger charge is -2.53. The Bertz CT molecular complexity index is 563. The molecule has 4 aliphatic heterocycles. The molecule has 112 valence electrons. The molecule has 1 aromatic carbocycles. The number of nitrogens with zero attached hydrogens (tertiary/aromatic N) is 1. The van der Waals surface area contributed by atoms with Crippen LogP contribution in [-0.2, 0) is 9.53 Å². The largest absolute Gasteiger partial charge is 0.492 e. The van der Waals surface area contributed by atoms with Crippen LogP contribution in [0.2, 0.25) is 0 Å². The van der Waals surface area contributed by atoms with Crippen molar-refractivity contribution in [2.75, 3.05) is 19.6 Å². The number of carbonyl (C=O) groups excluding carboxylic acids is 1. The number of allylic oxidation sites excluding steroid dienone is 1. The van der Waals surface area contributed by atoms with Crippen LogP contribution < -0.4 is 0 Å². The van der Waals surface area contributed by atoms with Crippen molar-refractivity contribution in [3.05, 3.63) is 42.2 Å². The predicted octanol–water partition coefficient (Wildman–Crippen LogP) is 2.90. The van der Waals surface area contributed by atoms with Gasteiger partial charge in [-0.1, -0.05) is 30.3 Å². The van der Waals surface area contributed by atoms with Crippen molar-refractivity contribution in [2.45, 2.75) is 24.9 Å². The first-order valence-corrected chi connectivity index (χ1v) is 7.46. The van der Waals surface area contributed by atoms with E-state index in [1.807, 2.05) is 30.3 Å². The van der Waals surface area contributed by atoms with Gasteiger partial charge in [-0.25, -0.2) is 0 Å². The molecule has 1 spiro atoms. The fourth-order valence-corrected chi connectivity index (χ4v) is 3.96. The molecule has 0 N–H and O–H groups in total. The Morgan fingerprint density at radius 3 is 2.43 bits per heavy atom. The molecule has 3 fully saturated rings. The molecule has 4 heteroatoms. The second kappa shape index (κ2) is 5.47. The number of Topliss-reactive ketones (excluding diaryl/α,β-unsaturated/α-hetero) is 1. The number of ether oxygens (including phenoxy) is 1. The molecular formula is C17H20ClNO2. The molecule has 4 heterocycles. The molecule has 4 aliphatic rings. The predicted molar refractivity (Wildman–Crippen MR) is 84.3 cm³/mol. The van der Waals surface area contributed by atoms with Crippen molar-refractivity contribution in [2.24, 2.45) is 5.92 Å². The minimum Gasteiger partial charge on any atom is -0.492 e. The average molecular weight is 306 g/mol. The average Bonchev–Trinajstić information content (AvgIpc) is 2.49. The van der Waals surface area contributed by atoms with E-state index >= 15 is 0 Å². The Morgan fingerprint density at radius 2 is 1.86 bits per heavy atom. The van der Waals surface area contributed by atoms with Crippen molar-refractivity contribution in [1.82, 2.24) is 4.90 Å². The van der Waals surface area contributed by atoms with Crippen molar-refractivity contribution in [3.63, 3.8) is 0 Å². The minimum atomic E-state index is -0.244. The molecule has 0 aromatic heterocycles. The van der Waals surface area contributed by atoms with Crippen LogP contribution in [0.3, 0.4) is 0 Å². The van der Waals surface area contributed by atoms with Gasteiger partial charge in [-0.15, -0.1) is 12.4 Å². The zero-order chi connectivity index (χ0) is 13.6. The number of hydrogen-bond acceptors (Lipinski definition) is 3. The maximum Gasteiger partial charge on any atom is 0.170 e. The Labute approximate surface area is 131 Å². The van der Waals surface area contributed by atoms with Crippen LogP contribution in [0, 0.1) is 5.92 Å². The van der Waals surface area contributed by atoms with Gasteiger partial charge in [-0.3, -0.25) is 9.69 Å². The van der Waals surface area contributed by atoms with Gasteiger partial charge in [-0.05, 0) is 31.5 Å². The normalized spacial score (nSPS) is 34.1. The molecule has 1 unspecified atom stereocenters. The van der Waals surface area contributed by atoms with Crippen LogP contribution in [0.15, 0.2) is 36.6 Å². The monoisotopic (exact) mass is 305 g/mol. The number of rotatable bonds is 1. The smallest absolute Gasteiger partial charge is 0.170 e. The highest BCUT2D eigenvalue weighted by atomic mass is 35.5. The molecule has 1 atom stereocenters. The third kappa shape index (κ3) is 2.39. The lowest BCUT2D eigenvalue weighted by Crippen LogP contribution is -2.61. The molecule has 5 rings (SSSR count). The third-order valence-electron chi connectivity index (χ3n) is 5.08. The number of carbonyl (C=O) groups is 1. The quantitative estimate of drug-likeness (QED) is 0.799. The highest BCUT2D eigenvalue weighted by Crippen LogP contribution is 2.44. The Kier molecular flexibility index (Phi) is 3.80. The van der Waals surface area contributed by atoms with E-state index in [0.717, 1.165) is 17.7 Å². The molecule has 0 aliphatic carbocycles. The van der Waals surface area contributed by atoms with Crippen LogP contribution in [0.25, 0.3) is 5.57 Å².